The molecule has 3 heterocycles. The van der Waals surface area contributed by atoms with E-state index in [1.165, 1.54) is 22.7 Å². The molecule has 0 atom stereocenters. The van der Waals surface area contributed by atoms with Gasteiger partial charge in [-0.25, -0.2) is 14.0 Å². The third-order valence-corrected chi connectivity index (χ3v) is 5.78. The van der Waals surface area contributed by atoms with Gasteiger partial charge in [0.15, 0.2) is 0 Å². The summed E-state index contributed by atoms with van der Waals surface area (Å²) in [6.45, 7) is 1.87. The van der Waals surface area contributed by atoms with Crippen molar-refractivity contribution in [1.82, 2.24) is 14.6 Å². The minimum Gasteiger partial charge on any atom is -0.477 e. The minimum absolute atomic E-state index is 0.00286. The van der Waals surface area contributed by atoms with Crippen molar-refractivity contribution in [2.24, 2.45) is 0 Å². The molecule has 10 heteroatoms. The summed E-state index contributed by atoms with van der Waals surface area (Å²) in [6, 6.07) is 9.02. The highest BCUT2D eigenvalue weighted by Crippen LogP contribution is 2.21. The lowest BCUT2D eigenvalue weighted by Gasteiger charge is -2.27. The van der Waals surface area contributed by atoms with Gasteiger partial charge in [0.25, 0.3) is 5.56 Å². The van der Waals surface area contributed by atoms with Crippen LogP contribution in [0.4, 0.5) is 9.18 Å². The molecule has 33 heavy (non-hydrogen) atoms. The maximum absolute atomic E-state index is 14.3. The Morgan fingerprint density at radius 1 is 1.15 bits per heavy atom. The number of carbonyl (C=O) groups excluding carboxylic acids is 1. The van der Waals surface area contributed by atoms with Gasteiger partial charge in [-0.3, -0.25) is 9.20 Å². The van der Waals surface area contributed by atoms with Crippen LogP contribution < -0.4 is 10.9 Å². The monoisotopic (exact) mass is 473 g/mol. The number of hydrogen-bond donors (Lipinski definition) is 2. The Bertz CT molecular complexity index is 1290. The van der Waals surface area contributed by atoms with Gasteiger partial charge in [0.05, 0.1) is 23.8 Å². The molecule has 2 aromatic heterocycles. The SMILES string of the molecule is O=C(O)c1cc(CNC(=O)N2CCOCC2)c2ccc(Cc3cccc(Cl)c3F)cn2c1=O. The molecule has 2 N–H and O–H groups in total. The van der Waals surface area contributed by atoms with Crippen molar-refractivity contribution in [1.29, 1.82) is 0 Å². The molecular formula is C23H21ClFN3O5. The number of hydrogen-bond acceptors (Lipinski definition) is 4. The van der Waals surface area contributed by atoms with Crippen LogP contribution in [-0.4, -0.2) is 52.7 Å². The molecule has 8 nitrogen and oxygen atoms in total. The van der Waals surface area contributed by atoms with Crippen molar-refractivity contribution in [3.05, 3.63) is 86.0 Å². The second kappa shape index (κ2) is 9.60. The van der Waals surface area contributed by atoms with E-state index < -0.39 is 22.9 Å². The van der Waals surface area contributed by atoms with Crippen LogP contribution in [-0.2, 0) is 17.7 Å². The first-order valence-corrected chi connectivity index (χ1v) is 10.7. The zero-order valence-corrected chi connectivity index (χ0v) is 18.3. The first-order chi connectivity index (χ1) is 15.8. The number of rotatable bonds is 5. The first-order valence-electron chi connectivity index (χ1n) is 10.3. The molecule has 0 saturated carbocycles. The molecule has 1 fully saturated rings. The largest absolute Gasteiger partial charge is 0.477 e. The lowest BCUT2D eigenvalue weighted by Crippen LogP contribution is -2.46. The van der Waals surface area contributed by atoms with E-state index in [0.717, 1.165) is 0 Å². The Morgan fingerprint density at radius 2 is 1.91 bits per heavy atom. The van der Waals surface area contributed by atoms with Crippen molar-refractivity contribution in [2.45, 2.75) is 13.0 Å². The Kier molecular flexibility index (Phi) is 6.62. The summed E-state index contributed by atoms with van der Waals surface area (Å²) in [5.74, 6) is -1.92. The number of carboxylic acids is 1. The third kappa shape index (κ3) is 4.84. The molecule has 0 radical (unpaired) electrons. The van der Waals surface area contributed by atoms with Crippen LogP contribution in [0.15, 0.2) is 47.4 Å². The van der Waals surface area contributed by atoms with Gasteiger partial charge in [-0.1, -0.05) is 29.8 Å². The highest BCUT2D eigenvalue weighted by Gasteiger charge is 2.19. The number of amides is 2. The number of urea groups is 1. The highest BCUT2D eigenvalue weighted by molar-refractivity contribution is 6.30. The lowest BCUT2D eigenvalue weighted by molar-refractivity contribution is 0.0531. The molecule has 0 unspecified atom stereocenters. The predicted molar refractivity (Wildman–Crippen MR) is 119 cm³/mol. The van der Waals surface area contributed by atoms with Gasteiger partial charge in [0, 0.05) is 32.3 Å². The van der Waals surface area contributed by atoms with E-state index >= 15 is 0 Å². The Labute approximate surface area is 193 Å². The van der Waals surface area contributed by atoms with Crippen molar-refractivity contribution >= 4 is 29.1 Å². The molecule has 1 aliphatic rings. The van der Waals surface area contributed by atoms with Gasteiger partial charge in [-0.05, 0) is 34.9 Å². The van der Waals surface area contributed by atoms with Crippen molar-refractivity contribution < 1.29 is 23.8 Å². The molecule has 1 aliphatic heterocycles. The molecule has 1 aromatic carbocycles. The number of benzene rings is 1. The summed E-state index contributed by atoms with van der Waals surface area (Å²) >= 11 is 5.85. The lowest BCUT2D eigenvalue weighted by atomic mass is 10.0. The van der Waals surface area contributed by atoms with Crippen LogP contribution in [0.2, 0.25) is 5.02 Å². The van der Waals surface area contributed by atoms with Crippen molar-refractivity contribution in [3.8, 4) is 0 Å². The molecular weight excluding hydrogens is 453 g/mol. The first kappa shape index (κ1) is 22.8. The van der Waals surface area contributed by atoms with E-state index in [9.17, 15) is 23.9 Å². The van der Waals surface area contributed by atoms with Gasteiger partial charge in [-0.2, -0.15) is 0 Å². The molecule has 0 spiro atoms. The maximum Gasteiger partial charge on any atom is 0.341 e. The number of halogens is 2. The highest BCUT2D eigenvalue weighted by atomic mass is 35.5. The standard InChI is InChI=1S/C23H21ClFN3O5/c24-18-3-1-2-15(20(18)25)10-14-4-5-19-16(11-17(22(30)31)21(29)28(19)13-14)12-26-23(32)27-6-8-33-9-7-27/h1-5,11,13H,6-10,12H2,(H,26,32)(H,30,31). The van der Waals surface area contributed by atoms with Crippen LogP contribution in [0.1, 0.15) is 27.0 Å². The fraction of sp³-hybridized carbons (Fsp3) is 0.261. The van der Waals surface area contributed by atoms with Gasteiger partial charge >= 0.3 is 12.0 Å². The van der Waals surface area contributed by atoms with Gasteiger partial charge in [0.2, 0.25) is 0 Å². The number of nitrogens with zero attached hydrogens (tertiary/aromatic N) is 2. The molecule has 2 amide bonds. The molecule has 4 rings (SSSR count). The molecule has 0 aliphatic carbocycles. The van der Waals surface area contributed by atoms with Crippen LogP contribution in [0, 0.1) is 5.82 Å². The van der Waals surface area contributed by atoms with Crippen LogP contribution in [0.3, 0.4) is 0 Å². The maximum atomic E-state index is 14.3. The van der Waals surface area contributed by atoms with Crippen LogP contribution in [0.25, 0.3) is 5.52 Å². The predicted octanol–water partition coefficient (Wildman–Crippen LogP) is 2.92. The Morgan fingerprint density at radius 3 is 2.64 bits per heavy atom. The summed E-state index contributed by atoms with van der Waals surface area (Å²) in [5.41, 5.74) is 0.721. The average molecular weight is 474 g/mol. The van der Waals surface area contributed by atoms with Gasteiger partial charge < -0.3 is 20.1 Å². The zero-order chi connectivity index (χ0) is 23.5. The number of aromatic carboxylic acids is 1. The number of carboxylic acid groups (broad SMARTS) is 1. The summed E-state index contributed by atoms with van der Waals surface area (Å²) in [6.07, 6.45) is 1.65. The Balaban J connectivity index is 1.67. The number of morpholine rings is 1. The summed E-state index contributed by atoms with van der Waals surface area (Å²) in [5, 5.41) is 12.3. The van der Waals surface area contributed by atoms with E-state index in [4.69, 9.17) is 16.3 Å². The normalized spacial score (nSPS) is 13.8. The third-order valence-electron chi connectivity index (χ3n) is 5.49. The van der Waals surface area contributed by atoms with Crippen LogP contribution >= 0.6 is 11.6 Å². The second-order valence-electron chi connectivity index (χ2n) is 7.63. The topological polar surface area (TPSA) is 100 Å². The number of pyridine rings is 2. The summed E-state index contributed by atoms with van der Waals surface area (Å²) in [4.78, 5) is 38.5. The van der Waals surface area contributed by atoms with Gasteiger partial charge in [0.1, 0.15) is 11.4 Å². The fourth-order valence-electron chi connectivity index (χ4n) is 3.77. The van der Waals surface area contributed by atoms with Gasteiger partial charge in [-0.15, -0.1) is 0 Å². The number of fused-ring (bicyclic) bond motifs is 1. The van der Waals surface area contributed by atoms with E-state index in [-0.39, 0.29) is 24.0 Å². The van der Waals surface area contributed by atoms with Crippen molar-refractivity contribution in [3.63, 3.8) is 0 Å². The summed E-state index contributed by atoms with van der Waals surface area (Å²) in [7, 11) is 0. The number of carbonyl (C=O) groups is 2. The van der Waals surface area contributed by atoms with Crippen molar-refractivity contribution in [2.75, 3.05) is 26.3 Å². The fourth-order valence-corrected chi connectivity index (χ4v) is 3.96. The van der Waals surface area contributed by atoms with E-state index in [0.29, 0.717) is 48.5 Å². The molecule has 172 valence electrons. The average Bonchev–Trinajstić information content (AvgIpc) is 2.82. The molecule has 3 aromatic rings. The number of ether oxygens (including phenoxy) is 1. The number of nitrogens with one attached hydrogen (secondary N) is 1. The molecule has 1 saturated heterocycles. The quantitative estimate of drug-likeness (QED) is 0.593. The summed E-state index contributed by atoms with van der Waals surface area (Å²) < 4.78 is 20.8. The van der Waals surface area contributed by atoms with E-state index in [1.807, 2.05) is 0 Å². The van der Waals surface area contributed by atoms with Crippen LogP contribution in [0.5, 0.6) is 0 Å². The van der Waals surface area contributed by atoms with E-state index in [1.54, 1.807) is 29.2 Å². The zero-order valence-electron chi connectivity index (χ0n) is 17.5. The number of aromatic nitrogens is 1. The minimum atomic E-state index is -1.37. The smallest absolute Gasteiger partial charge is 0.341 e. The molecule has 0 bridgehead atoms. The Hall–Kier alpha value is -3.43. The van der Waals surface area contributed by atoms with E-state index in [2.05, 4.69) is 5.32 Å². The second-order valence-corrected chi connectivity index (χ2v) is 8.04.